The van der Waals surface area contributed by atoms with Crippen molar-refractivity contribution in [2.24, 2.45) is 0 Å². The first-order valence-electron chi connectivity index (χ1n) is 5.39. The van der Waals surface area contributed by atoms with Gasteiger partial charge in [-0.3, -0.25) is 0 Å². The SMILES string of the molecule is CCOC(=O)c1ccc(-n2cc(Br)cn2)c(N)c1. The number of esters is 1. The van der Waals surface area contributed by atoms with Gasteiger partial charge in [0.25, 0.3) is 0 Å². The molecule has 2 aromatic rings. The third-order valence-electron chi connectivity index (χ3n) is 2.34. The quantitative estimate of drug-likeness (QED) is 0.698. The number of rotatable bonds is 3. The Morgan fingerprint density at radius 1 is 1.56 bits per heavy atom. The van der Waals surface area contributed by atoms with Crippen molar-refractivity contribution in [2.75, 3.05) is 12.3 Å². The number of nitrogen functional groups attached to an aromatic ring is 1. The van der Waals surface area contributed by atoms with Crippen LogP contribution in [0.25, 0.3) is 5.69 Å². The molecule has 0 aliphatic carbocycles. The van der Waals surface area contributed by atoms with Crippen LogP contribution in [0.3, 0.4) is 0 Å². The van der Waals surface area contributed by atoms with E-state index in [0.29, 0.717) is 23.5 Å². The lowest BCUT2D eigenvalue weighted by atomic mass is 10.2. The molecule has 2 N–H and O–H groups in total. The second-order valence-corrected chi connectivity index (χ2v) is 4.51. The van der Waals surface area contributed by atoms with E-state index >= 15 is 0 Å². The molecule has 0 fully saturated rings. The van der Waals surface area contributed by atoms with Crippen LogP contribution in [0.5, 0.6) is 0 Å². The first kappa shape index (κ1) is 12.6. The normalized spacial score (nSPS) is 10.3. The topological polar surface area (TPSA) is 70.1 Å². The highest BCUT2D eigenvalue weighted by Crippen LogP contribution is 2.20. The van der Waals surface area contributed by atoms with E-state index < -0.39 is 0 Å². The molecule has 0 aliphatic heterocycles. The second kappa shape index (κ2) is 5.22. The van der Waals surface area contributed by atoms with Gasteiger partial charge in [-0.25, -0.2) is 9.48 Å². The lowest BCUT2D eigenvalue weighted by molar-refractivity contribution is 0.0526. The van der Waals surface area contributed by atoms with Crippen molar-refractivity contribution in [1.29, 1.82) is 0 Å². The third-order valence-corrected chi connectivity index (χ3v) is 2.75. The molecule has 0 saturated carbocycles. The van der Waals surface area contributed by atoms with Gasteiger partial charge >= 0.3 is 5.97 Å². The van der Waals surface area contributed by atoms with Crippen molar-refractivity contribution in [3.63, 3.8) is 0 Å². The molecule has 0 aliphatic rings. The monoisotopic (exact) mass is 309 g/mol. The Hall–Kier alpha value is -1.82. The molecule has 18 heavy (non-hydrogen) atoms. The van der Waals surface area contributed by atoms with Crippen LogP contribution in [0.15, 0.2) is 35.1 Å². The van der Waals surface area contributed by atoms with Gasteiger partial charge in [0, 0.05) is 6.20 Å². The van der Waals surface area contributed by atoms with Crippen LogP contribution < -0.4 is 5.73 Å². The van der Waals surface area contributed by atoms with Crippen LogP contribution in [0, 0.1) is 0 Å². The lowest BCUT2D eigenvalue weighted by Gasteiger charge is -2.07. The summed E-state index contributed by atoms with van der Waals surface area (Å²) in [6.07, 6.45) is 3.45. The molecule has 0 spiro atoms. The molecule has 1 aromatic carbocycles. The molecule has 2 rings (SSSR count). The first-order chi connectivity index (χ1) is 8.61. The summed E-state index contributed by atoms with van der Waals surface area (Å²) in [7, 11) is 0. The van der Waals surface area contributed by atoms with Crippen LogP contribution in [-0.2, 0) is 4.74 Å². The third kappa shape index (κ3) is 2.53. The summed E-state index contributed by atoms with van der Waals surface area (Å²) < 4.78 is 7.40. The standard InChI is InChI=1S/C12H12BrN3O2/c1-2-18-12(17)8-3-4-11(10(14)5-8)16-7-9(13)6-15-16/h3-7H,2,14H2,1H3. The fourth-order valence-electron chi connectivity index (χ4n) is 1.54. The van der Waals surface area contributed by atoms with E-state index in [1.165, 1.54) is 0 Å². The maximum absolute atomic E-state index is 11.5. The van der Waals surface area contributed by atoms with Gasteiger partial charge in [0.05, 0.1) is 34.2 Å². The highest BCUT2D eigenvalue weighted by Gasteiger charge is 2.10. The Bertz CT molecular complexity index is 580. The van der Waals surface area contributed by atoms with Gasteiger partial charge in [-0.1, -0.05) is 0 Å². The van der Waals surface area contributed by atoms with Crippen LogP contribution in [-0.4, -0.2) is 22.4 Å². The van der Waals surface area contributed by atoms with E-state index in [1.807, 2.05) is 0 Å². The van der Waals surface area contributed by atoms with Crippen LogP contribution in [0.2, 0.25) is 0 Å². The van der Waals surface area contributed by atoms with Crippen molar-refractivity contribution in [3.8, 4) is 5.69 Å². The Kier molecular flexibility index (Phi) is 3.66. The van der Waals surface area contributed by atoms with Crippen LogP contribution >= 0.6 is 15.9 Å². The summed E-state index contributed by atoms with van der Waals surface area (Å²) in [5.74, 6) is -0.377. The van der Waals surface area contributed by atoms with Crippen molar-refractivity contribution in [2.45, 2.75) is 6.92 Å². The van der Waals surface area contributed by atoms with Gasteiger partial charge in [-0.15, -0.1) is 0 Å². The molecular weight excluding hydrogens is 298 g/mol. The fourth-order valence-corrected chi connectivity index (χ4v) is 1.82. The zero-order valence-corrected chi connectivity index (χ0v) is 11.3. The molecule has 0 unspecified atom stereocenters. The minimum atomic E-state index is -0.377. The molecule has 94 valence electrons. The number of ether oxygens (including phenoxy) is 1. The second-order valence-electron chi connectivity index (χ2n) is 3.60. The molecule has 0 bridgehead atoms. The predicted molar refractivity (Wildman–Crippen MR) is 71.6 cm³/mol. The van der Waals surface area contributed by atoms with E-state index in [1.54, 1.807) is 42.2 Å². The van der Waals surface area contributed by atoms with Crippen molar-refractivity contribution in [1.82, 2.24) is 9.78 Å². The minimum Gasteiger partial charge on any atom is -0.462 e. The van der Waals surface area contributed by atoms with Crippen molar-refractivity contribution < 1.29 is 9.53 Å². The summed E-state index contributed by atoms with van der Waals surface area (Å²) in [4.78, 5) is 11.5. The van der Waals surface area contributed by atoms with E-state index in [0.717, 1.165) is 4.47 Å². The van der Waals surface area contributed by atoms with Crippen molar-refractivity contribution >= 4 is 27.6 Å². The number of halogens is 1. The van der Waals surface area contributed by atoms with E-state index in [9.17, 15) is 4.79 Å². The Balaban J connectivity index is 2.33. The molecule has 0 radical (unpaired) electrons. The average molecular weight is 310 g/mol. The number of carbonyl (C=O) groups excluding carboxylic acids is 1. The van der Waals surface area contributed by atoms with Crippen molar-refractivity contribution in [3.05, 3.63) is 40.6 Å². The summed E-state index contributed by atoms with van der Waals surface area (Å²) in [5.41, 5.74) is 7.53. The zero-order chi connectivity index (χ0) is 13.1. The number of hydrogen-bond acceptors (Lipinski definition) is 4. The molecule has 0 atom stereocenters. The Morgan fingerprint density at radius 3 is 2.89 bits per heavy atom. The molecule has 0 amide bonds. The number of carbonyl (C=O) groups is 1. The fraction of sp³-hybridized carbons (Fsp3) is 0.167. The summed E-state index contributed by atoms with van der Waals surface area (Å²) in [5, 5.41) is 4.13. The Morgan fingerprint density at radius 2 is 2.33 bits per heavy atom. The highest BCUT2D eigenvalue weighted by molar-refractivity contribution is 9.10. The van der Waals surface area contributed by atoms with E-state index in [-0.39, 0.29) is 5.97 Å². The number of anilines is 1. The van der Waals surface area contributed by atoms with Gasteiger partial charge in [-0.05, 0) is 41.1 Å². The maximum atomic E-state index is 11.5. The number of nitrogens with zero attached hydrogens (tertiary/aromatic N) is 2. The van der Waals surface area contributed by atoms with E-state index in [2.05, 4.69) is 21.0 Å². The average Bonchev–Trinajstić information content (AvgIpc) is 2.76. The number of aromatic nitrogens is 2. The molecule has 6 heteroatoms. The van der Waals surface area contributed by atoms with Gasteiger partial charge < -0.3 is 10.5 Å². The van der Waals surface area contributed by atoms with E-state index in [4.69, 9.17) is 10.5 Å². The summed E-state index contributed by atoms with van der Waals surface area (Å²) >= 11 is 3.31. The molecule has 5 nitrogen and oxygen atoms in total. The van der Waals surface area contributed by atoms with Gasteiger partial charge in [0.1, 0.15) is 0 Å². The Labute approximate surface area is 113 Å². The molecular formula is C12H12BrN3O2. The number of benzene rings is 1. The van der Waals surface area contributed by atoms with Gasteiger partial charge in [0.2, 0.25) is 0 Å². The predicted octanol–water partition coefficient (Wildman–Crippen LogP) is 2.39. The summed E-state index contributed by atoms with van der Waals surface area (Å²) in [6.45, 7) is 2.10. The number of nitrogens with two attached hydrogens (primary N) is 1. The molecule has 1 heterocycles. The van der Waals surface area contributed by atoms with Crippen LogP contribution in [0.4, 0.5) is 5.69 Å². The van der Waals surface area contributed by atoms with Gasteiger partial charge in [-0.2, -0.15) is 5.10 Å². The molecule has 0 saturated heterocycles. The zero-order valence-electron chi connectivity index (χ0n) is 9.76. The van der Waals surface area contributed by atoms with Crippen LogP contribution in [0.1, 0.15) is 17.3 Å². The maximum Gasteiger partial charge on any atom is 0.338 e. The minimum absolute atomic E-state index is 0.340. The highest BCUT2D eigenvalue weighted by atomic mass is 79.9. The largest absolute Gasteiger partial charge is 0.462 e. The lowest BCUT2D eigenvalue weighted by Crippen LogP contribution is -2.07. The first-order valence-corrected chi connectivity index (χ1v) is 6.18. The number of hydrogen-bond donors (Lipinski definition) is 1. The summed E-state index contributed by atoms with van der Waals surface area (Å²) in [6, 6.07) is 4.99. The van der Waals surface area contributed by atoms with Gasteiger partial charge in [0.15, 0.2) is 0 Å². The molecule has 1 aromatic heterocycles. The smallest absolute Gasteiger partial charge is 0.338 e.